The standard InChI is InChI=1S/3C9H11.C4H9.Sn/c3*1-7-4-8(2)6-9(3)5-7;1-3-4-2;/h3*4-5H,1-3H3;1,3-4H2,2H3;. The summed E-state index contributed by atoms with van der Waals surface area (Å²) >= 11 is -3.37. The van der Waals surface area contributed by atoms with Gasteiger partial charge in [-0.15, -0.1) is 0 Å². The molecular weight excluding hydrogens is 491 g/mol. The van der Waals surface area contributed by atoms with Gasteiger partial charge in [-0.05, 0) is 0 Å². The van der Waals surface area contributed by atoms with E-state index in [2.05, 4.69) is 106 Å². The summed E-state index contributed by atoms with van der Waals surface area (Å²) in [5, 5.41) is 0. The zero-order valence-electron chi connectivity index (χ0n) is 22.1. The molecule has 0 aliphatic heterocycles. The van der Waals surface area contributed by atoms with Crippen LogP contribution in [-0.2, 0) is 0 Å². The second kappa shape index (κ2) is 9.75. The van der Waals surface area contributed by atoms with Crippen molar-refractivity contribution in [2.45, 2.75) is 86.5 Å². The van der Waals surface area contributed by atoms with Crippen molar-refractivity contribution in [2.24, 2.45) is 0 Å². The van der Waals surface area contributed by atoms with Gasteiger partial charge in [0.2, 0.25) is 0 Å². The van der Waals surface area contributed by atoms with E-state index in [0.717, 1.165) is 0 Å². The van der Waals surface area contributed by atoms with Crippen LogP contribution in [0, 0.1) is 62.3 Å². The predicted octanol–water partition coefficient (Wildman–Crippen LogP) is 6.73. The number of unbranched alkanes of at least 4 members (excludes halogenated alkanes) is 1. The number of hydrogen-bond donors (Lipinski definition) is 0. The van der Waals surface area contributed by atoms with Crippen molar-refractivity contribution in [3.05, 3.63) is 86.5 Å². The van der Waals surface area contributed by atoms with Crippen molar-refractivity contribution in [1.29, 1.82) is 0 Å². The third-order valence-electron chi connectivity index (χ3n) is 7.22. The summed E-state index contributed by atoms with van der Waals surface area (Å²) in [6, 6.07) is 14.7. The van der Waals surface area contributed by atoms with Gasteiger partial charge in [0.25, 0.3) is 0 Å². The fourth-order valence-electron chi connectivity index (χ4n) is 6.75. The van der Waals surface area contributed by atoms with Crippen molar-refractivity contribution in [2.75, 3.05) is 0 Å². The molecule has 32 heavy (non-hydrogen) atoms. The molecule has 0 N–H and O–H groups in total. The van der Waals surface area contributed by atoms with Crippen LogP contribution in [0.3, 0.4) is 0 Å². The minimum atomic E-state index is -3.37. The Bertz CT molecular complexity index is 941. The fourth-order valence-corrected chi connectivity index (χ4v) is 26.3. The summed E-state index contributed by atoms with van der Waals surface area (Å²) in [4.78, 5) is 0. The Kier molecular flexibility index (Phi) is 7.65. The van der Waals surface area contributed by atoms with Crippen molar-refractivity contribution in [3.63, 3.8) is 0 Å². The molecular formula is C31H42Sn. The van der Waals surface area contributed by atoms with Crippen LogP contribution in [0.5, 0.6) is 0 Å². The van der Waals surface area contributed by atoms with Crippen molar-refractivity contribution in [1.82, 2.24) is 0 Å². The first-order chi connectivity index (χ1) is 15.0. The second-order valence-electron chi connectivity index (χ2n) is 10.3. The molecule has 3 aromatic rings. The molecule has 0 aliphatic rings. The quantitative estimate of drug-likeness (QED) is 0.308. The number of aryl methyl sites for hydroxylation is 9. The predicted molar refractivity (Wildman–Crippen MR) is 146 cm³/mol. The Hall–Kier alpha value is -1.54. The van der Waals surface area contributed by atoms with E-state index in [0.29, 0.717) is 0 Å². The van der Waals surface area contributed by atoms with Gasteiger partial charge >= 0.3 is 202 Å². The molecule has 3 rings (SSSR count). The zero-order chi connectivity index (χ0) is 23.8. The van der Waals surface area contributed by atoms with Gasteiger partial charge < -0.3 is 0 Å². The number of benzene rings is 3. The summed E-state index contributed by atoms with van der Waals surface area (Å²) in [6.07, 6.45) is 2.54. The molecule has 0 radical (unpaired) electrons. The number of rotatable bonds is 6. The molecule has 0 saturated heterocycles. The summed E-state index contributed by atoms with van der Waals surface area (Å²) in [6.45, 7) is 23.4. The molecule has 0 aromatic heterocycles. The SMILES string of the molecule is CCC[CH2][Sn]([c]1c(C)cc(C)cc1C)([c]1c(C)cc(C)cc1C)[c]1c(C)cc(C)cc1C. The fraction of sp³-hybridized carbons (Fsp3) is 0.419. The summed E-state index contributed by atoms with van der Waals surface area (Å²) in [7, 11) is 0. The van der Waals surface area contributed by atoms with Crippen molar-refractivity contribution >= 4 is 29.1 Å². The van der Waals surface area contributed by atoms with Crippen molar-refractivity contribution < 1.29 is 0 Å². The molecule has 1 heteroatoms. The third-order valence-corrected chi connectivity index (χ3v) is 24.4. The molecule has 0 unspecified atom stereocenters. The molecule has 0 bridgehead atoms. The molecule has 3 aromatic carbocycles. The Labute approximate surface area is 201 Å². The molecule has 0 saturated carbocycles. The molecule has 0 heterocycles. The summed E-state index contributed by atoms with van der Waals surface area (Å²) in [5.41, 5.74) is 13.2. The van der Waals surface area contributed by atoms with Gasteiger partial charge in [0.15, 0.2) is 0 Å². The van der Waals surface area contributed by atoms with Crippen LogP contribution in [-0.4, -0.2) is 18.4 Å². The van der Waals surface area contributed by atoms with Crippen LogP contribution in [0.25, 0.3) is 0 Å². The van der Waals surface area contributed by atoms with Gasteiger partial charge in [0.05, 0.1) is 0 Å². The maximum absolute atomic E-state index is 3.37. The Morgan fingerprint density at radius 3 is 0.938 bits per heavy atom. The molecule has 170 valence electrons. The van der Waals surface area contributed by atoms with E-state index in [1.165, 1.54) is 67.3 Å². The van der Waals surface area contributed by atoms with Gasteiger partial charge in [0, 0.05) is 0 Å². The van der Waals surface area contributed by atoms with E-state index in [9.17, 15) is 0 Å². The first kappa shape index (κ1) is 25.1. The van der Waals surface area contributed by atoms with Gasteiger partial charge in [-0.2, -0.15) is 0 Å². The third kappa shape index (κ3) is 4.45. The van der Waals surface area contributed by atoms with E-state index in [1.54, 1.807) is 10.7 Å². The van der Waals surface area contributed by atoms with Crippen LogP contribution in [0.15, 0.2) is 36.4 Å². The van der Waals surface area contributed by atoms with Gasteiger partial charge in [-0.1, -0.05) is 0 Å². The zero-order valence-corrected chi connectivity index (χ0v) is 24.9. The van der Waals surface area contributed by atoms with E-state index in [1.807, 2.05) is 0 Å². The van der Waals surface area contributed by atoms with Crippen LogP contribution < -0.4 is 10.7 Å². The monoisotopic (exact) mass is 534 g/mol. The number of hydrogen-bond acceptors (Lipinski definition) is 0. The maximum atomic E-state index is 2.44. The summed E-state index contributed by atoms with van der Waals surface area (Å²) < 4.78 is 6.51. The van der Waals surface area contributed by atoms with Gasteiger partial charge in [-0.25, -0.2) is 0 Å². The average molecular weight is 533 g/mol. The van der Waals surface area contributed by atoms with Gasteiger partial charge in [0.1, 0.15) is 0 Å². The van der Waals surface area contributed by atoms with Crippen LogP contribution >= 0.6 is 0 Å². The van der Waals surface area contributed by atoms with Crippen molar-refractivity contribution in [3.8, 4) is 0 Å². The van der Waals surface area contributed by atoms with Crippen LogP contribution in [0.4, 0.5) is 0 Å². The first-order valence-electron chi connectivity index (χ1n) is 12.3. The van der Waals surface area contributed by atoms with E-state index >= 15 is 0 Å². The summed E-state index contributed by atoms with van der Waals surface area (Å²) in [5.74, 6) is 0. The van der Waals surface area contributed by atoms with E-state index < -0.39 is 18.4 Å². The molecule has 0 spiro atoms. The normalized spacial score (nSPS) is 11.8. The van der Waals surface area contributed by atoms with E-state index in [4.69, 9.17) is 0 Å². The average Bonchev–Trinajstić information content (AvgIpc) is 2.63. The topological polar surface area (TPSA) is 0 Å². The molecule has 0 amide bonds. The van der Waals surface area contributed by atoms with E-state index in [-0.39, 0.29) is 0 Å². The molecule has 0 aliphatic carbocycles. The van der Waals surface area contributed by atoms with Gasteiger partial charge in [-0.3, -0.25) is 0 Å². The Morgan fingerprint density at radius 1 is 0.469 bits per heavy atom. The first-order valence-corrected chi connectivity index (χ1v) is 18.6. The molecule has 0 fully saturated rings. The minimum absolute atomic E-state index is 1.25. The Balaban J connectivity index is 2.62. The molecule has 0 nitrogen and oxygen atoms in total. The van der Waals surface area contributed by atoms with Crippen LogP contribution in [0.2, 0.25) is 4.44 Å². The Morgan fingerprint density at radius 2 is 0.719 bits per heavy atom. The second-order valence-corrected chi connectivity index (χ2v) is 21.2. The van der Waals surface area contributed by atoms with Crippen LogP contribution in [0.1, 0.15) is 69.8 Å². The molecule has 0 atom stereocenters.